The van der Waals surface area contributed by atoms with Crippen LogP contribution >= 0.6 is 11.6 Å². The number of rotatable bonds is 2. The minimum absolute atomic E-state index is 0.0982. The number of hydrogen-bond acceptors (Lipinski definition) is 3. The Morgan fingerprint density at radius 2 is 1.55 bits per heavy atom. The van der Waals surface area contributed by atoms with Crippen molar-refractivity contribution in [1.29, 1.82) is 0 Å². The van der Waals surface area contributed by atoms with E-state index >= 15 is 0 Å². The molecule has 2 aromatic carbocycles. The van der Waals surface area contributed by atoms with Crippen molar-refractivity contribution in [1.82, 2.24) is 19.7 Å². The number of aromatic nitrogens is 4. The first-order chi connectivity index (χ1) is 14.4. The van der Waals surface area contributed by atoms with Gasteiger partial charge in [0.1, 0.15) is 6.33 Å². The summed E-state index contributed by atoms with van der Waals surface area (Å²) >= 11 is 5.86. The Hall–Kier alpha value is -3.14. The van der Waals surface area contributed by atoms with Crippen molar-refractivity contribution in [2.24, 2.45) is 0 Å². The first-order valence-corrected chi connectivity index (χ1v) is 9.09. The second kappa shape index (κ2) is 7.23. The summed E-state index contributed by atoms with van der Waals surface area (Å²) in [7, 11) is 0. The topological polar surface area (TPSA) is 43.6 Å². The number of alkyl halides is 6. The van der Waals surface area contributed by atoms with Crippen molar-refractivity contribution in [3.8, 4) is 16.9 Å². The largest absolute Gasteiger partial charge is 0.418 e. The fraction of sp³-hybridized carbons (Fsp3) is 0.150. The van der Waals surface area contributed by atoms with Gasteiger partial charge in [0.25, 0.3) is 0 Å². The number of nitrogens with zero attached hydrogens (tertiary/aromatic N) is 4. The highest BCUT2D eigenvalue weighted by Gasteiger charge is 2.39. The zero-order valence-corrected chi connectivity index (χ0v) is 16.3. The molecule has 0 saturated heterocycles. The molecule has 4 aromatic rings. The summed E-state index contributed by atoms with van der Waals surface area (Å²) in [5, 5.41) is 8.05. The van der Waals surface area contributed by atoms with Gasteiger partial charge in [0.05, 0.1) is 27.9 Å². The summed E-state index contributed by atoms with van der Waals surface area (Å²) < 4.78 is 81.0. The molecule has 0 unspecified atom stereocenters. The molecule has 0 aliphatic carbocycles. The Kier molecular flexibility index (Phi) is 4.92. The molecular weight excluding hydrogens is 446 g/mol. The van der Waals surface area contributed by atoms with Crippen molar-refractivity contribution in [2.45, 2.75) is 19.3 Å². The summed E-state index contributed by atoms with van der Waals surface area (Å²) in [5.41, 5.74) is -1.57. The summed E-state index contributed by atoms with van der Waals surface area (Å²) in [4.78, 5) is 3.77. The lowest BCUT2D eigenvalue weighted by atomic mass is 10.1. The van der Waals surface area contributed by atoms with Gasteiger partial charge in [-0.2, -0.15) is 26.3 Å². The van der Waals surface area contributed by atoms with Crippen LogP contribution in [0.3, 0.4) is 0 Å². The Labute approximate surface area is 176 Å². The van der Waals surface area contributed by atoms with Crippen LogP contribution in [0.15, 0.2) is 48.8 Å². The number of hydrogen-bond donors (Lipinski definition) is 0. The van der Waals surface area contributed by atoms with Crippen molar-refractivity contribution >= 4 is 22.6 Å². The van der Waals surface area contributed by atoms with Gasteiger partial charge in [0, 0.05) is 11.3 Å². The van der Waals surface area contributed by atoms with Crippen LogP contribution in [0.1, 0.15) is 16.7 Å². The Bertz CT molecular complexity index is 1280. The van der Waals surface area contributed by atoms with E-state index < -0.39 is 34.5 Å². The highest BCUT2D eigenvalue weighted by atomic mass is 35.5. The van der Waals surface area contributed by atoms with Crippen LogP contribution in [0, 0.1) is 6.92 Å². The fourth-order valence-corrected chi connectivity index (χ4v) is 3.22. The lowest BCUT2D eigenvalue weighted by Crippen LogP contribution is -2.12. The molecule has 2 heterocycles. The minimum Gasteiger partial charge on any atom is -0.298 e. The first kappa shape index (κ1) is 21.1. The Balaban J connectivity index is 1.84. The van der Waals surface area contributed by atoms with Crippen LogP contribution in [-0.2, 0) is 12.4 Å². The van der Waals surface area contributed by atoms with Crippen LogP contribution in [0.5, 0.6) is 0 Å². The molecule has 2 aromatic heterocycles. The zero-order chi connectivity index (χ0) is 22.6. The molecule has 0 fully saturated rings. The summed E-state index contributed by atoms with van der Waals surface area (Å²) in [6, 6.07) is 8.64. The van der Waals surface area contributed by atoms with Crippen molar-refractivity contribution in [3.63, 3.8) is 0 Å². The highest BCUT2D eigenvalue weighted by Crippen LogP contribution is 2.40. The minimum atomic E-state index is -5.01. The molecule has 4 rings (SSSR count). The zero-order valence-electron chi connectivity index (χ0n) is 15.6. The molecule has 0 aliphatic heterocycles. The predicted molar refractivity (Wildman–Crippen MR) is 102 cm³/mol. The van der Waals surface area contributed by atoms with Gasteiger partial charge in [-0.25, -0.2) is 4.98 Å². The SMILES string of the molecule is Cc1cc(-c2ccc(-n3cnc4cc(C(F)(F)F)cc(C(F)(F)F)c43)cc2)nnc1Cl. The third kappa shape index (κ3) is 3.95. The van der Waals surface area contributed by atoms with Gasteiger partial charge in [-0.15, -0.1) is 10.2 Å². The average molecular weight is 457 g/mol. The monoisotopic (exact) mass is 456 g/mol. The van der Waals surface area contributed by atoms with Crippen LogP contribution < -0.4 is 0 Å². The van der Waals surface area contributed by atoms with Gasteiger partial charge in [0.2, 0.25) is 0 Å². The molecular formula is C20H11ClF6N4. The average Bonchev–Trinajstić information content (AvgIpc) is 3.12. The van der Waals surface area contributed by atoms with Crippen LogP contribution in [0.25, 0.3) is 28.0 Å². The quantitative estimate of drug-likeness (QED) is 0.324. The van der Waals surface area contributed by atoms with Gasteiger partial charge in [-0.3, -0.25) is 4.57 Å². The van der Waals surface area contributed by atoms with E-state index in [1.54, 1.807) is 25.1 Å². The van der Waals surface area contributed by atoms with E-state index in [4.69, 9.17) is 11.6 Å². The van der Waals surface area contributed by atoms with E-state index in [-0.39, 0.29) is 16.9 Å². The maximum atomic E-state index is 13.6. The molecule has 0 bridgehead atoms. The number of aryl methyl sites for hydroxylation is 1. The van der Waals surface area contributed by atoms with Gasteiger partial charge < -0.3 is 0 Å². The van der Waals surface area contributed by atoms with E-state index in [2.05, 4.69) is 15.2 Å². The number of halogens is 7. The van der Waals surface area contributed by atoms with Gasteiger partial charge in [-0.05, 0) is 42.8 Å². The first-order valence-electron chi connectivity index (χ1n) is 8.71. The van der Waals surface area contributed by atoms with Gasteiger partial charge in [-0.1, -0.05) is 23.7 Å². The lowest BCUT2D eigenvalue weighted by molar-refractivity contribution is -0.142. The number of benzene rings is 2. The van der Waals surface area contributed by atoms with Crippen molar-refractivity contribution < 1.29 is 26.3 Å². The predicted octanol–water partition coefficient (Wildman–Crippen LogP) is 6.48. The summed E-state index contributed by atoms with van der Waals surface area (Å²) in [6.45, 7) is 1.75. The molecule has 0 radical (unpaired) electrons. The van der Waals surface area contributed by atoms with Crippen molar-refractivity contribution in [2.75, 3.05) is 0 Å². The second-order valence-corrected chi connectivity index (χ2v) is 7.11. The molecule has 4 nitrogen and oxygen atoms in total. The van der Waals surface area contributed by atoms with E-state index in [1.807, 2.05) is 0 Å². The fourth-order valence-electron chi connectivity index (χ4n) is 3.13. The van der Waals surface area contributed by atoms with Crippen molar-refractivity contribution in [3.05, 3.63) is 70.6 Å². The number of fused-ring (bicyclic) bond motifs is 1. The second-order valence-electron chi connectivity index (χ2n) is 6.75. The molecule has 160 valence electrons. The van der Waals surface area contributed by atoms with E-state index in [1.165, 1.54) is 12.1 Å². The Morgan fingerprint density at radius 1 is 0.871 bits per heavy atom. The molecule has 0 amide bonds. The molecule has 11 heteroatoms. The maximum Gasteiger partial charge on any atom is 0.418 e. The molecule has 0 spiro atoms. The standard InChI is InChI=1S/C20H11ClF6N4/c1-10-6-15(29-30-18(10)21)11-2-4-13(5-3-11)31-9-28-16-8-12(19(22,23)24)7-14(17(16)31)20(25,26)27/h2-9H,1H3. The van der Waals surface area contributed by atoms with Gasteiger partial charge in [0.15, 0.2) is 5.15 Å². The van der Waals surface area contributed by atoms with Crippen LogP contribution in [0.4, 0.5) is 26.3 Å². The molecule has 0 atom stereocenters. The smallest absolute Gasteiger partial charge is 0.298 e. The van der Waals surface area contributed by atoms with Crippen LogP contribution in [-0.4, -0.2) is 19.7 Å². The Morgan fingerprint density at radius 3 is 2.13 bits per heavy atom. The highest BCUT2D eigenvalue weighted by molar-refractivity contribution is 6.30. The normalized spacial score (nSPS) is 12.5. The number of imidazole rings is 1. The van der Waals surface area contributed by atoms with E-state index in [0.29, 0.717) is 22.9 Å². The molecule has 31 heavy (non-hydrogen) atoms. The summed E-state index contributed by atoms with van der Waals surface area (Å²) in [5.74, 6) is 0. The third-order valence-electron chi connectivity index (χ3n) is 4.64. The van der Waals surface area contributed by atoms with Crippen LogP contribution in [0.2, 0.25) is 5.15 Å². The van der Waals surface area contributed by atoms with Gasteiger partial charge >= 0.3 is 12.4 Å². The summed E-state index contributed by atoms with van der Waals surface area (Å²) in [6.07, 6.45) is -8.88. The van der Waals surface area contributed by atoms with E-state index in [0.717, 1.165) is 10.9 Å². The van der Waals surface area contributed by atoms with E-state index in [9.17, 15) is 26.3 Å². The molecule has 0 aliphatic rings. The third-order valence-corrected chi connectivity index (χ3v) is 5.01. The maximum absolute atomic E-state index is 13.6. The lowest BCUT2D eigenvalue weighted by Gasteiger charge is -2.15. The molecule has 0 saturated carbocycles. The molecule has 0 N–H and O–H groups in total.